The number of allylic oxidation sites excluding steroid dienone is 5. The Hall–Kier alpha value is -7.16. The highest BCUT2D eigenvalue weighted by Crippen LogP contribution is 2.70. The lowest BCUT2D eigenvalue weighted by atomic mass is 9.43. The van der Waals surface area contributed by atoms with Crippen molar-refractivity contribution in [2.45, 2.75) is 44.4 Å². The Labute approximate surface area is 384 Å². The van der Waals surface area contributed by atoms with E-state index in [1.165, 1.54) is 99.0 Å². The van der Waals surface area contributed by atoms with Crippen LogP contribution in [-0.4, -0.2) is 0 Å². The zero-order valence-corrected chi connectivity index (χ0v) is 37.2. The molecule has 0 unspecified atom stereocenters. The third-order valence-corrected chi connectivity index (χ3v) is 15.5. The van der Waals surface area contributed by atoms with E-state index in [0.717, 1.165) is 23.2 Å². The van der Waals surface area contributed by atoms with E-state index in [9.17, 15) is 0 Å². The van der Waals surface area contributed by atoms with Gasteiger partial charge in [0, 0.05) is 39.5 Å². The molecule has 0 aromatic heterocycles. The van der Waals surface area contributed by atoms with Gasteiger partial charge in [-0.1, -0.05) is 134 Å². The maximum Gasteiger partial charge on any atom is 0.0468 e. The molecule has 8 aromatic carbocycles. The third kappa shape index (κ3) is 6.69. The van der Waals surface area contributed by atoms with E-state index < -0.39 is 0 Å². The Balaban J connectivity index is 1.01. The number of rotatable bonds is 10. The van der Waals surface area contributed by atoms with E-state index >= 15 is 0 Å². The zero-order chi connectivity index (χ0) is 43.5. The fourth-order valence-electron chi connectivity index (χ4n) is 13.0. The summed E-state index contributed by atoms with van der Waals surface area (Å²) < 4.78 is 0. The normalized spacial score (nSPS) is 21.5. The molecule has 4 bridgehead atoms. The van der Waals surface area contributed by atoms with Crippen LogP contribution in [0.25, 0.3) is 38.6 Å². The lowest BCUT2D eigenvalue weighted by Gasteiger charge is -2.61. The molecule has 316 valence electrons. The minimum absolute atomic E-state index is 0.0100. The van der Waals surface area contributed by atoms with Crippen LogP contribution >= 0.6 is 0 Å². The van der Waals surface area contributed by atoms with Crippen LogP contribution in [0.5, 0.6) is 0 Å². The van der Waals surface area contributed by atoms with Gasteiger partial charge in [0.05, 0.1) is 0 Å². The highest BCUT2D eigenvalue weighted by atomic mass is 15.1. The molecule has 0 amide bonds. The lowest BCUT2D eigenvalue weighted by molar-refractivity contribution is -0.0398. The van der Waals surface area contributed by atoms with Crippen LogP contribution in [0.2, 0.25) is 0 Å². The largest absolute Gasteiger partial charge is 0.310 e. The van der Waals surface area contributed by atoms with Crippen LogP contribution in [-0.2, 0) is 5.41 Å². The van der Waals surface area contributed by atoms with Crippen molar-refractivity contribution in [1.29, 1.82) is 0 Å². The number of benzene rings is 8. The lowest BCUT2D eigenvalue weighted by Crippen LogP contribution is -2.55. The van der Waals surface area contributed by atoms with Crippen molar-refractivity contribution >= 4 is 50.5 Å². The standard InChI is InChI=1S/C63H54N2/c1-3-4-8-17-43(2)47-20-15-26-55(37-47)64(53-22-11-6-12-23-53)57-29-28-49-40-60-59-31-30-58(65(54-24-13-7-14-25-54)56-27-16-21-48(38-56)46-18-9-5-10-19-46)42-62(59)63(61(60)41-50(49)39-57)51-33-44-32-45(35-51)36-52(63)34-44/h3-31,37-42,44-45,51-52H,1,32-36H2,2H3/b8-4-,43-17+. The van der Waals surface area contributed by atoms with Gasteiger partial charge in [0.1, 0.15) is 0 Å². The maximum absolute atomic E-state index is 3.85. The molecule has 4 saturated carbocycles. The number of hydrogen-bond donors (Lipinski definition) is 0. The number of fused-ring (bicyclic) bond motifs is 4. The third-order valence-electron chi connectivity index (χ3n) is 15.5. The molecular formula is C63H54N2. The van der Waals surface area contributed by atoms with Gasteiger partial charge in [-0.15, -0.1) is 0 Å². The molecule has 4 fully saturated rings. The van der Waals surface area contributed by atoms with Crippen LogP contribution in [0, 0.1) is 23.7 Å². The van der Waals surface area contributed by atoms with Gasteiger partial charge >= 0.3 is 0 Å². The van der Waals surface area contributed by atoms with E-state index in [1.807, 2.05) is 12.2 Å². The van der Waals surface area contributed by atoms with Gasteiger partial charge < -0.3 is 9.80 Å². The van der Waals surface area contributed by atoms with Crippen molar-refractivity contribution in [3.05, 3.63) is 236 Å². The molecule has 8 aromatic rings. The quantitative estimate of drug-likeness (QED) is 0.127. The predicted octanol–water partition coefficient (Wildman–Crippen LogP) is 17.3. The molecule has 0 radical (unpaired) electrons. The van der Waals surface area contributed by atoms with E-state index in [-0.39, 0.29) is 5.41 Å². The van der Waals surface area contributed by atoms with E-state index in [4.69, 9.17) is 0 Å². The second-order valence-corrected chi connectivity index (χ2v) is 19.1. The van der Waals surface area contributed by atoms with Gasteiger partial charge in [-0.2, -0.15) is 0 Å². The summed E-state index contributed by atoms with van der Waals surface area (Å²) >= 11 is 0. The number of hydrogen-bond acceptors (Lipinski definition) is 2. The highest BCUT2D eigenvalue weighted by molar-refractivity contribution is 5.97. The van der Waals surface area contributed by atoms with Gasteiger partial charge in [-0.3, -0.25) is 0 Å². The second kappa shape index (κ2) is 16.1. The molecule has 5 aliphatic carbocycles. The van der Waals surface area contributed by atoms with E-state index in [0.29, 0.717) is 11.8 Å². The Morgan fingerprint density at radius 2 is 1.02 bits per heavy atom. The molecule has 0 atom stereocenters. The topological polar surface area (TPSA) is 6.48 Å². The summed E-state index contributed by atoms with van der Waals surface area (Å²) in [6.45, 7) is 6.03. The minimum Gasteiger partial charge on any atom is -0.310 e. The molecule has 2 nitrogen and oxygen atoms in total. The molecule has 0 aliphatic heterocycles. The monoisotopic (exact) mass is 838 g/mol. The Kier molecular flexibility index (Phi) is 9.78. The second-order valence-electron chi connectivity index (χ2n) is 19.1. The molecular weight excluding hydrogens is 785 g/mol. The number of nitrogens with zero attached hydrogens (tertiary/aromatic N) is 2. The van der Waals surface area contributed by atoms with Crippen molar-refractivity contribution in [2.24, 2.45) is 23.7 Å². The Morgan fingerprint density at radius 3 is 1.69 bits per heavy atom. The van der Waals surface area contributed by atoms with E-state index in [2.05, 4.69) is 224 Å². The summed E-state index contributed by atoms with van der Waals surface area (Å²) in [6, 6.07) is 70.5. The van der Waals surface area contributed by atoms with Crippen molar-refractivity contribution in [1.82, 2.24) is 0 Å². The smallest absolute Gasteiger partial charge is 0.0468 e. The molecule has 5 aliphatic rings. The first-order valence-electron chi connectivity index (χ1n) is 23.7. The number of anilines is 6. The molecule has 0 N–H and O–H groups in total. The van der Waals surface area contributed by atoms with Crippen molar-refractivity contribution in [3.8, 4) is 22.3 Å². The van der Waals surface area contributed by atoms with Crippen LogP contribution in [0.4, 0.5) is 34.1 Å². The van der Waals surface area contributed by atoms with Crippen molar-refractivity contribution in [2.75, 3.05) is 9.80 Å². The average Bonchev–Trinajstić information content (AvgIpc) is 3.62. The molecule has 65 heavy (non-hydrogen) atoms. The van der Waals surface area contributed by atoms with Crippen molar-refractivity contribution < 1.29 is 0 Å². The van der Waals surface area contributed by atoms with E-state index in [1.54, 1.807) is 11.1 Å². The summed E-state index contributed by atoms with van der Waals surface area (Å²) in [5, 5.41) is 2.61. The van der Waals surface area contributed by atoms with Gasteiger partial charge in [-0.05, 0) is 203 Å². The first-order valence-corrected chi connectivity index (χ1v) is 23.7. The summed E-state index contributed by atoms with van der Waals surface area (Å²) in [6.07, 6.45) is 14.8. The summed E-state index contributed by atoms with van der Waals surface area (Å²) in [5.74, 6) is 3.00. The summed E-state index contributed by atoms with van der Waals surface area (Å²) in [5.41, 5.74) is 17.9. The fraction of sp³-hybridized carbons (Fsp3) is 0.175. The first kappa shape index (κ1) is 39.4. The molecule has 13 rings (SSSR count). The molecule has 1 spiro atoms. The molecule has 0 saturated heterocycles. The van der Waals surface area contributed by atoms with Crippen molar-refractivity contribution in [3.63, 3.8) is 0 Å². The van der Waals surface area contributed by atoms with Gasteiger partial charge in [0.25, 0.3) is 0 Å². The Morgan fingerprint density at radius 1 is 0.462 bits per heavy atom. The van der Waals surface area contributed by atoms with Crippen LogP contribution in [0.3, 0.4) is 0 Å². The van der Waals surface area contributed by atoms with Crippen LogP contribution < -0.4 is 9.80 Å². The Bertz CT molecular complexity index is 3110. The molecule has 2 heteroatoms. The summed E-state index contributed by atoms with van der Waals surface area (Å²) in [4.78, 5) is 4.92. The zero-order valence-electron chi connectivity index (χ0n) is 37.2. The first-order chi connectivity index (χ1) is 32.0. The molecule has 0 heterocycles. The highest BCUT2D eigenvalue weighted by Gasteiger charge is 2.61. The fourth-order valence-corrected chi connectivity index (χ4v) is 13.0. The van der Waals surface area contributed by atoms with Gasteiger partial charge in [0.15, 0.2) is 0 Å². The van der Waals surface area contributed by atoms with Gasteiger partial charge in [-0.25, -0.2) is 0 Å². The summed E-state index contributed by atoms with van der Waals surface area (Å²) in [7, 11) is 0. The maximum atomic E-state index is 3.85. The minimum atomic E-state index is -0.0100. The van der Waals surface area contributed by atoms with Crippen LogP contribution in [0.1, 0.15) is 55.7 Å². The average molecular weight is 839 g/mol. The van der Waals surface area contributed by atoms with Crippen LogP contribution in [0.15, 0.2) is 219 Å². The predicted molar refractivity (Wildman–Crippen MR) is 275 cm³/mol. The number of para-hydroxylation sites is 2. The van der Waals surface area contributed by atoms with Gasteiger partial charge in [0.2, 0.25) is 0 Å². The SMILES string of the molecule is C=C/C=C\C=C(/C)c1cccc(N(c2ccccc2)c2ccc3cc4c(cc3c2)C2(c3cc(N(c5ccccc5)c5cccc(-c6ccccc6)c5)ccc3-4)C3CC4CC(C3)CC2C4)c1.